The molecular weight excluding hydrogens is 390 g/mol. The summed E-state index contributed by atoms with van der Waals surface area (Å²) in [5, 5.41) is 0.592. The molecule has 0 spiro atoms. The first-order chi connectivity index (χ1) is 14.8. The van der Waals surface area contributed by atoms with Crippen molar-refractivity contribution in [1.29, 1.82) is 0 Å². The molecule has 144 valence electrons. The maximum Gasteiger partial charge on any atom is 0.227 e. The lowest BCUT2D eigenvalue weighted by atomic mass is 9.94. The Morgan fingerprint density at radius 2 is 1.13 bits per heavy atom. The number of aliphatic imine (C=N–C) groups is 1. The van der Waals surface area contributed by atoms with Gasteiger partial charge in [-0.1, -0.05) is 103 Å². The molecule has 2 nitrogen and oxygen atoms in total. The van der Waals surface area contributed by atoms with Crippen molar-refractivity contribution in [2.75, 3.05) is 0 Å². The van der Waals surface area contributed by atoms with Gasteiger partial charge in [0.15, 0.2) is 0 Å². The molecule has 0 bridgehead atoms. The summed E-state index contributed by atoms with van der Waals surface area (Å²) in [4.78, 5) is 4.75. The zero-order chi connectivity index (χ0) is 20.3. The van der Waals surface area contributed by atoms with E-state index in [4.69, 9.17) is 21.3 Å². The number of rotatable bonds is 3. The van der Waals surface area contributed by atoms with Crippen molar-refractivity contribution in [3.63, 3.8) is 0 Å². The van der Waals surface area contributed by atoms with Gasteiger partial charge in [-0.25, -0.2) is 4.99 Å². The monoisotopic (exact) mass is 407 g/mol. The van der Waals surface area contributed by atoms with E-state index in [1.54, 1.807) is 0 Å². The van der Waals surface area contributed by atoms with Crippen molar-refractivity contribution >= 4 is 34.5 Å². The molecule has 1 heterocycles. The quantitative estimate of drug-likeness (QED) is 0.347. The maximum absolute atomic E-state index is 6.43. The summed E-state index contributed by atoms with van der Waals surface area (Å²) < 4.78 is 6.43. The molecule has 3 heteroatoms. The van der Waals surface area contributed by atoms with Gasteiger partial charge in [-0.2, -0.15) is 0 Å². The molecule has 4 aromatic carbocycles. The van der Waals surface area contributed by atoms with Crippen LogP contribution in [0.25, 0.3) is 11.3 Å². The first kappa shape index (κ1) is 18.4. The SMILES string of the molecule is Clc1ccccc1N=C1OC(=C(c2ccccc2)c2ccccc2)c2ccccc21. The Hall–Kier alpha value is -3.62. The molecule has 0 aromatic heterocycles. The second kappa shape index (κ2) is 8.02. The fourth-order valence-electron chi connectivity index (χ4n) is 3.63. The van der Waals surface area contributed by atoms with E-state index in [-0.39, 0.29) is 0 Å². The van der Waals surface area contributed by atoms with Crippen LogP contribution in [0.1, 0.15) is 22.3 Å². The van der Waals surface area contributed by atoms with E-state index in [2.05, 4.69) is 30.3 Å². The largest absolute Gasteiger partial charge is 0.437 e. The molecular formula is C27H18ClNO. The van der Waals surface area contributed by atoms with Crippen molar-refractivity contribution < 1.29 is 4.74 Å². The van der Waals surface area contributed by atoms with Crippen molar-refractivity contribution in [2.45, 2.75) is 0 Å². The fourth-order valence-corrected chi connectivity index (χ4v) is 3.81. The Labute approximate surface area is 180 Å². The summed E-state index contributed by atoms with van der Waals surface area (Å²) in [6.07, 6.45) is 0. The molecule has 1 aliphatic rings. The number of fused-ring (bicyclic) bond motifs is 1. The lowest BCUT2D eigenvalue weighted by Gasteiger charge is -2.12. The normalized spacial score (nSPS) is 13.8. The van der Waals surface area contributed by atoms with Crippen LogP contribution in [0.4, 0.5) is 5.69 Å². The second-order valence-corrected chi connectivity index (χ2v) is 7.36. The van der Waals surface area contributed by atoms with E-state index in [0.717, 1.165) is 33.6 Å². The molecule has 0 unspecified atom stereocenters. The zero-order valence-corrected chi connectivity index (χ0v) is 16.9. The van der Waals surface area contributed by atoms with Crippen LogP contribution in [-0.4, -0.2) is 5.90 Å². The molecule has 0 aliphatic carbocycles. The fraction of sp³-hybridized carbons (Fsp3) is 0. The second-order valence-electron chi connectivity index (χ2n) is 6.95. The number of halogens is 1. The van der Waals surface area contributed by atoms with Gasteiger partial charge in [-0.3, -0.25) is 0 Å². The Morgan fingerprint density at radius 3 is 1.77 bits per heavy atom. The molecule has 0 saturated heterocycles. The average Bonchev–Trinajstić information content (AvgIpc) is 3.15. The third-order valence-electron chi connectivity index (χ3n) is 5.03. The van der Waals surface area contributed by atoms with Gasteiger partial charge in [-0.05, 0) is 29.3 Å². The number of benzene rings is 4. The van der Waals surface area contributed by atoms with Crippen molar-refractivity contribution in [1.82, 2.24) is 0 Å². The number of hydrogen-bond donors (Lipinski definition) is 0. The molecule has 0 saturated carbocycles. The van der Waals surface area contributed by atoms with Gasteiger partial charge in [0.05, 0.1) is 10.7 Å². The van der Waals surface area contributed by atoms with Gasteiger partial charge in [0, 0.05) is 16.7 Å². The molecule has 1 aliphatic heterocycles. The zero-order valence-electron chi connectivity index (χ0n) is 16.1. The van der Waals surface area contributed by atoms with Gasteiger partial charge < -0.3 is 4.74 Å². The number of hydrogen-bond acceptors (Lipinski definition) is 2. The van der Waals surface area contributed by atoms with Crippen LogP contribution >= 0.6 is 11.6 Å². The number of para-hydroxylation sites is 1. The molecule has 4 aromatic rings. The minimum absolute atomic E-state index is 0.554. The standard InChI is InChI=1S/C27H18ClNO/c28-23-17-9-10-18-24(23)29-27-22-16-8-7-15-21(22)26(30-27)25(19-11-3-1-4-12-19)20-13-5-2-6-14-20/h1-18H. The summed E-state index contributed by atoms with van der Waals surface area (Å²) in [6, 6.07) is 36.3. The van der Waals surface area contributed by atoms with Gasteiger partial charge in [0.1, 0.15) is 5.76 Å². The average molecular weight is 408 g/mol. The van der Waals surface area contributed by atoms with Crippen LogP contribution in [0, 0.1) is 0 Å². The van der Waals surface area contributed by atoms with Crippen LogP contribution in [-0.2, 0) is 4.74 Å². The van der Waals surface area contributed by atoms with E-state index in [1.807, 2.05) is 78.9 Å². The minimum Gasteiger partial charge on any atom is -0.437 e. The highest BCUT2D eigenvalue weighted by atomic mass is 35.5. The number of ether oxygens (including phenoxy) is 1. The third kappa shape index (κ3) is 3.42. The Balaban J connectivity index is 1.75. The van der Waals surface area contributed by atoms with E-state index in [9.17, 15) is 0 Å². The molecule has 0 amide bonds. The highest BCUT2D eigenvalue weighted by molar-refractivity contribution is 6.33. The Morgan fingerprint density at radius 1 is 0.600 bits per heavy atom. The first-order valence-electron chi connectivity index (χ1n) is 9.77. The lowest BCUT2D eigenvalue weighted by Crippen LogP contribution is -1.97. The van der Waals surface area contributed by atoms with E-state index in [1.165, 1.54) is 0 Å². The van der Waals surface area contributed by atoms with Crippen LogP contribution in [0.3, 0.4) is 0 Å². The van der Waals surface area contributed by atoms with Crippen LogP contribution in [0.5, 0.6) is 0 Å². The molecule has 30 heavy (non-hydrogen) atoms. The maximum atomic E-state index is 6.43. The van der Waals surface area contributed by atoms with E-state index >= 15 is 0 Å². The number of nitrogens with zero attached hydrogens (tertiary/aromatic N) is 1. The van der Waals surface area contributed by atoms with E-state index < -0.39 is 0 Å². The summed E-state index contributed by atoms with van der Waals surface area (Å²) in [5.41, 5.74) is 5.88. The summed E-state index contributed by atoms with van der Waals surface area (Å²) in [6.45, 7) is 0. The van der Waals surface area contributed by atoms with Crippen molar-refractivity contribution in [3.8, 4) is 0 Å². The topological polar surface area (TPSA) is 21.6 Å². The molecule has 0 fully saturated rings. The minimum atomic E-state index is 0.554. The highest BCUT2D eigenvalue weighted by Crippen LogP contribution is 2.40. The van der Waals surface area contributed by atoms with Gasteiger partial charge >= 0.3 is 0 Å². The van der Waals surface area contributed by atoms with Crippen molar-refractivity contribution in [3.05, 3.63) is 136 Å². The highest BCUT2D eigenvalue weighted by Gasteiger charge is 2.28. The third-order valence-corrected chi connectivity index (χ3v) is 5.35. The lowest BCUT2D eigenvalue weighted by molar-refractivity contribution is 0.527. The van der Waals surface area contributed by atoms with Crippen LogP contribution in [0.2, 0.25) is 5.02 Å². The predicted octanol–water partition coefficient (Wildman–Crippen LogP) is 7.37. The van der Waals surface area contributed by atoms with E-state index in [0.29, 0.717) is 16.6 Å². The van der Waals surface area contributed by atoms with Gasteiger partial charge in [-0.15, -0.1) is 0 Å². The Kier molecular flexibility index (Phi) is 4.92. The molecule has 0 N–H and O–H groups in total. The van der Waals surface area contributed by atoms with Crippen LogP contribution < -0.4 is 0 Å². The molecule has 0 radical (unpaired) electrons. The summed E-state index contributed by atoms with van der Waals surface area (Å²) in [7, 11) is 0. The first-order valence-corrected chi connectivity index (χ1v) is 10.1. The van der Waals surface area contributed by atoms with Gasteiger partial charge in [0.2, 0.25) is 5.90 Å². The molecule has 0 atom stereocenters. The smallest absolute Gasteiger partial charge is 0.227 e. The van der Waals surface area contributed by atoms with Crippen LogP contribution in [0.15, 0.2) is 114 Å². The summed E-state index contributed by atoms with van der Waals surface area (Å²) >= 11 is 6.35. The predicted molar refractivity (Wildman–Crippen MR) is 124 cm³/mol. The Bertz CT molecular complexity index is 1220. The summed E-state index contributed by atoms with van der Waals surface area (Å²) in [5.74, 6) is 1.35. The molecule has 5 rings (SSSR count). The van der Waals surface area contributed by atoms with Crippen molar-refractivity contribution in [2.24, 2.45) is 4.99 Å². The van der Waals surface area contributed by atoms with Gasteiger partial charge in [0.25, 0.3) is 0 Å².